The number of ether oxygens (including phenoxy) is 4. The van der Waals surface area contributed by atoms with Crippen molar-refractivity contribution in [2.45, 2.75) is 4.90 Å². The molecule has 9 heteroatoms. The molecule has 0 bridgehead atoms. The van der Waals surface area contributed by atoms with Crippen LogP contribution in [-0.4, -0.2) is 46.6 Å². The van der Waals surface area contributed by atoms with Crippen LogP contribution in [0.25, 0.3) is 10.9 Å². The molecule has 0 fully saturated rings. The van der Waals surface area contributed by atoms with Gasteiger partial charge in [-0.3, -0.25) is 4.79 Å². The fourth-order valence-electron chi connectivity index (χ4n) is 3.79. The summed E-state index contributed by atoms with van der Waals surface area (Å²) in [6, 6.07) is 16.1. The molecule has 3 aromatic carbocycles. The van der Waals surface area contributed by atoms with E-state index in [0.29, 0.717) is 22.4 Å². The van der Waals surface area contributed by atoms with E-state index < -0.39 is 10.0 Å². The highest BCUT2D eigenvalue weighted by atomic mass is 32.2. The fourth-order valence-corrected chi connectivity index (χ4v) is 5.18. The van der Waals surface area contributed by atoms with Crippen LogP contribution >= 0.6 is 0 Å². The van der Waals surface area contributed by atoms with E-state index in [1.54, 1.807) is 48.5 Å². The summed E-state index contributed by atoms with van der Waals surface area (Å²) in [5.74, 6) is 0.863. The van der Waals surface area contributed by atoms with E-state index in [9.17, 15) is 13.2 Å². The maximum absolute atomic E-state index is 13.6. The molecule has 0 N–H and O–H groups in total. The number of nitrogens with zero attached hydrogens (tertiary/aromatic N) is 1. The van der Waals surface area contributed by atoms with Gasteiger partial charge in [-0.25, -0.2) is 12.4 Å². The molecule has 0 aliphatic carbocycles. The molecule has 4 aromatic rings. The smallest absolute Gasteiger partial charge is 0.268 e. The third-order valence-electron chi connectivity index (χ3n) is 5.46. The van der Waals surface area contributed by atoms with E-state index in [2.05, 4.69) is 0 Å². The van der Waals surface area contributed by atoms with Crippen LogP contribution in [0, 0.1) is 0 Å². The molecule has 34 heavy (non-hydrogen) atoms. The Labute approximate surface area is 197 Å². The molecule has 176 valence electrons. The lowest BCUT2D eigenvalue weighted by atomic mass is 10.0. The molecule has 0 aliphatic heterocycles. The van der Waals surface area contributed by atoms with E-state index in [1.807, 2.05) is 0 Å². The first-order valence-electron chi connectivity index (χ1n) is 10.2. The van der Waals surface area contributed by atoms with Crippen molar-refractivity contribution in [1.82, 2.24) is 3.97 Å². The molecule has 8 nitrogen and oxygen atoms in total. The van der Waals surface area contributed by atoms with Crippen molar-refractivity contribution in [3.05, 3.63) is 78.0 Å². The zero-order valence-corrected chi connectivity index (χ0v) is 19.9. The van der Waals surface area contributed by atoms with Gasteiger partial charge in [0, 0.05) is 22.7 Å². The Bertz CT molecular complexity index is 1460. The zero-order valence-electron chi connectivity index (χ0n) is 19.1. The van der Waals surface area contributed by atoms with Crippen molar-refractivity contribution in [1.29, 1.82) is 0 Å². The number of carbonyl (C=O) groups excluding carboxylic acids is 1. The van der Waals surface area contributed by atoms with E-state index in [1.165, 1.54) is 46.8 Å². The summed E-state index contributed by atoms with van der Waals surface area (Å²) in [6.45, 7) is 0. The largest absolute Gasteiger partial charge is 0.497 e. The predicted octanol–water partition coefficient (Wildman–Crippen LogP) is 4.14. The van der Waals surface area contributed by atoms with E-state index in [4.69, 9.17) is 18.9 Å². The summed E-state index contributed by atoms with van der Waals surface area (Å²) >= 11 is 0. The Kier molecular flexibility index (Phi) is 6.21. The molecule has 1 aromatic heterocycles. The number of carbonyl (C=O) groups is 1. The number of hydrogen-bond acceptors (Lipinski definition) is 7. The highest BCUT2D eigenvalue weighted by Gasteiger charge is 2.30. The Balaban J connectivity index is 2.06. The van der Waals surface area contributed by atoms with Gasteiger partial charge in [0.05, 0.1) is 33.3 Å². The molecular weight excluding hydrogens is 458 g/mol. The quantitative estimate of drug-likeness (QED) is 0.349. The van der Waals surface area contributed by atoms with Crippen LogP contribution in [0.2, 0.25) is 0 Å². The standard InChI is InChI=1S/C25H23NO7S/c1-30-17-12-10-16(11-13-17)23(27)20-15-26(34(28,29)18-8-6-5-7-9-18)22-19(20)14-21(31-2)24(32-3)25(22)33-4/h5-15H,1-4H3. The van der Waals surface area contributed by atoms with Gasteiger partial charge in [0.25, 0.3) is 10.0 Å². The normalized spacial score (nSPS) is 11.3. The van der Waals surface area contributed by atoms with Crippen molar-refractivity contribution in [3.63, 3.8) is 0 Å². The van der Waals surface area contributed by atoms with Crippen LogP contribution in [0.1, 0.15) is 15.9 Å². The molecule has 0 amide bonds. The van der Waals surface area contributed by atoms with Crippen molar-refractivity contribution in [3.8, 4) is 23.0 Å². The van der Waals surface area contributed by atoms with E-state index in [0.717, 1.165) is 3.97 Å². The van der Waals surface area contributed by atoms with Crippen LogP contribution in [0.15, 0.2) is 71.8 Å². The summed E-state index contributed by atoms with van der Waals surface area (Å²) < 4.78 is 50.0. The van der Waals surface area contributed by atoms with Gasteiger partial charge in [-0.1, -0.05) is 18.2 Å². The first-order valence-corrected chi connectivity index (χ1v) is 11.6. The van der Waals surface area contributed by atoms with E-state index in [-0.39, 0.29) is 33.3 Å². The van der Waals surface area contributed by atoms with Crippen molar-refractivity contribution < 1.29 is 32.2 Å². The third kappa shape index (κ3) is 3.73. The average Bonchev–Trinajstić information content (AvgIpc) is 3.27. The maximum atomic E-state index is 13.6. The second kappa shape index (κ2) is 9.11. The van der Waals surface area contributed by atoms with Gasteiger partial charge in [0.15, 0.2) is 17.3 Å². The minimum absolute atomic E-state index is 0.0622. The summed E-state index contributed by atoms with van der Waals surface area (Å²) in [6.07, 6.45) is 1.31. The predicted molar refractivity (Wildman–Crippen MR) is 127 cm³/mol. The summed E-state index contributed by atoms with van der Waals surface area (Å²) in [5.41, 5.74) is 0.700. The average molecular weight is 482 g/mol. The minimum Gasteiger partial charge on any atom is -0.497 e. The number of hydrogen-bond donors (Lipinski definition) is 0. The Hall–Kier alpha value is -3.98. The van der Waals surface area contributed by atoms with Crippen molar-refractivity contribution in [2.24, 2.45) is 0 Å². The fraction of sp³-hybridized carbons (Fsp3) is 0.160. The van der Waals surface area contributed by atoms with Gasteiger partial charge < -0.3 is 18.9 Å². The molecule has 0 saturated carbocycles. The monoisotopic (exact) mass is 481 g/mol. The van der Waals surface area contributed by atoms with Crippen molar-refractivity contribution in [2.75, 3.05) is 28.4 Å². The first-order chi connectivity index (χ1) is 16.4. The lowest BCUT2D eigenvalue weighted by molar-refractivity contribution is 0.104. The number of benzene rings is 3. The summed E-state index contributed by atoms with van der Waals surface area (Å²) in [7, 11) is 1.72. The summed E-state index contributed by atoms with van der Waals surface area (Å²) in [4.78, 5) is 13.6. The Morgan fingerprint density at radius 1 is 0.794 bits per heavy atom. The first kappa shape index (κ1) is 23.2. The molecular formula is C25H23NO7S. The SMILES string of the molecule is COc1ccc(C(=O)c2cn(S(=O)(=O)c3ccccc3)c3c(OC)c(OC)c(OC)cc23)cc1. The minimum atomic E-state index is -4.08. The van der Waals surface area contributed by atoms with Gasteiger partial charge in [0.1, 0.15) is 11.3 Å². The third-order valence-corrected chi connectivity index (χ3v) is 7.13. The van der Waals surface area contributed by atoms with Crippen LogP contribution in [-0.2, 0) is 10.0 Å². The van der Waals surface area contributed by atoms with Gasteiger partial charge in [-0.2, -0.15) is 0 Å². The van der Waals surface area contributed by atoms with Gasteiger partial charge in [0.2, 0.25) is 5.75 Å². The molecule has 4 rings (SSSR count). The number of aromatic nitrogens is 1. The highest BCUT2D eigenvalue weighted by molar-refractivity contribution is 7.90. The lowest BCUT2D eigenvalue weighted by Crippen LogP contribution is -2.12. The topological polar surface area (TPSA) is 93.1 Å². The number of ketones is 1. The molecule has 0 radical (unpaired) electrons. The highest BCUT2D eigenvalue weighted by Crippen LogP contribution is 2.46. The van der Waals surface area contributed by atoms with Crippen LogP contribution in [0.3, 0.4) is 0 Å². The molecule has 1 heterocycles. The molecule has 0 atom stereocenters. The Morgan fingerprint density at radius 2 is 1.44 bits per heavy atom. The molecule has 0 unspecified atom stereocenters. The van der Waals surface area contributed by atoms with Crippen LogP contribution in [0.5, 0.6) is 23.0 Å². The second-order valence-corrected chi connectivity index (χ2v) is 9.07. The lowest BCUT2D eigenvalue weighted by Gasteiger charge is -2.15. The van der Waals surface area contributed by atoms with Gasteiger partial charge in [-0.05, 0) is 42.5 Å². The molecule has 0 aliphatic rings. The number of fused-ring (bicyclic) bond motifs is 1. The Morgan fingerprint density at radius 3 is 2.00 bits per heavy atom. The van der Waals surface area contributed by atoms with Gasteiger partial charge >= 0.3 is 0 Å². The van der Waals surface area contributed by atoms with Gasteiger partial charge in [-0.15, -0.1) is 0 Å². The van der Waals surface area contributed by atoms with Crippen molar-refractivity contribution >= 4 is 26.7 Å². The number of rotatable bonds is 8. The van der Waals surface area contributed by atoms with Crippen LogP contribution in [0.4, 0.5) is 0 Å². The second-order valence-electron chi connectivity index (χ2n) is 7.26. The number of methoxy groups -OCH3 is 4. The van der Waals surface area contributed by atoms with E-state index >= 15 is 0 Å². The molecule has 0 spiro atoms. The maximum Gasteiger partial charge on any atom is 0.268 e. The van der Waals surface area contributed by atoms with Crippen LogP contribution < -0.4 is 18.9 Å². The zero-order chi connectivity index (χ0) is 24.5. The molecule has 0 saturated heterocycles. The summed E-state index contributed by atoms with van der Waals surface area (Å²) in [5, 5.41) is 0.342.